The van der Waals surface area contributed by atoms with Crippen LogP contribution in [0, 0.1) is 5.92 Å². The molecule has 1 rings (SSSR count). The highest BCUT2D eigenvalue weighted by atomic mass is 16.4. The average Bonchev–Trinajstić information content (AvgIpc) is 1.88. The Hall–Kier alpha value is -0.570. The van der Waals surface area contributed by atoms with E-state index in [9.17, 15) is 4.79 Å². The monoisotopic (exact) mass is 144 g/mol. The van der Waals surface area contributed by atoms with E-state index in [1.165, 1.54) is 0 Å². The van der Waals surface area contributed by atoms with Gasteiger partial charge in [-0.05, 0) is 5.92 Å². The van der Waals surface area contributed by atoms with Crippen LogP contribution >= 0.6 is 0 Å². The largest absolute Gasteiger partial charge is 0.481 e. The van der Waals surface area contributed by atoms with Crippen LogP contribution in [0.4, 0.5) is 0 Å². The molecule has 0 atom stereocenters. The van der Waals surface area contributed by atoms with Crippen molar-refractivity contribution < 1.29 is 15.2 Å². The molecule has 0 unspecified atom stereocenters. The average molecular weight is 144 g/mol. The van der Waals surface area contributed by atoms with Crippen molar-refractivity contribution in [3.8, 4) is 0 Å². The number of quaternary nitrogens is 1. The maximum Gasteiger partial charge on any atom is 0.303 e. The van der Waals surface area contributed by atoms with Crippen LogP contribution < -0.4 is 5.32 Å². The van der Waals surface area contributed by atoms with Crippen LogP contribution in [0.2, 0.25) is 0 Å². The lowest BCUT2D eigenvalue weighted by Crippen LogP contribution is -2.86. The van der Waals surface area contributed by atoms with E-state index < -0.39 is 5.97 Å². The van der Waals surface area contributed by atoms with Crippen LogP contribution in [-0.2, 0) is 4.79 Å². The highest BCUT2D eigenvalue weighted by molar-refractivity contribution is 5.66. The minimum absolute atomic E-state index is 0.369. The lowest BCUT2D eigenvalue weighted by Gasteiger charge is -2.17. The molecule has 10 heavy (non-hydrogen) atoms. The van der Waals surface area contributed by atoms with E-state index >= 15 is 0 Å². The third-order valence-corrected chi connectivity index (χ3v) is 2.02. The summed E-state index contributed by atoms with van der Waals surface area (Å²) < 4.78 is 0. The number of carbonyl (C=O) groups is 1. The van der Waals surface area contributed by atoms with E-state index in [1.54, 1.807) is 0 Å². The van der Waals surface area contributed by atoms with E-state index in [0.717, 1.165) is 25.9 Å². The molecule has 1 aliphatic rings. The highest BCUT2D eigenvalue weighted by Crippen LogP contribution is 2.12. The molecule has 58 valence electrons. The van der Waals surface area contributed by atoms with Gasteiger partial charge in [-0.25, -0.2) is 0 Å². The second kappa shape index (κ2) is 3.56. The first kappa shape index (κ1) is 7.54. The summed E-state index contributed by atoms with van der Waals surface area (Å²) in [5.74, 6) is -0.200. The molecular formula is C7H14NO2+. The van der Waals surface area contributed by atoms with E-state index in [1.807, 2.05) is 0 Å². The molecule has 3 heteroatoms. The molecule has 1 saturated heterocycles. The molecular weight excluding hydrogens is 130 g/mol. The van der Waals surface area contributed by atoms with E-state index in [0.29, 0.717) is 12.3 Å². The fraction of sp³-hybridized carbons (Fsp3) is 0.857. The van der Waals surface area contributed by atoms with Crippen molar-refractivity contribution in [1.82, 2.24) is 0 Å². The van der Waals surface area contributed by atoms with Crippen molar-refractivity contribution in [3.05, 3.63) is 0 Å². The summed E-state index contributed by atoms with van der Waals surface area (Å²) in [5, 5.41) is 10.7. The number of nitrogens with two attached hydrogens (primary N) is 1. The van der Waals surface area contributed by atoms with Crippen LogP contribution in [0.3, 0.4) is 0 Å². The molecule has 0 aliphatic carbocycles. The summed E-state index contributed by atoms with van der Waals surface area (Å²) in [6.45, 7) is 2.22. The summed E-state index contributed by atoms with van der Waals surface area (Å²) in [5.41, 5.74) is 0. The maximum absolute atomic E-state index is 10.3. The molecule has 3 N–H and O–H groups in total. The van der Waals surface area contributed by atoms with E-state index in [4.69, 9.17) is 5.11 Å². The van der Waals surface area contributed by atoms with Crippen LogP contribution in [0.5, 0.6) is 0 Å². The minimum atomic E-state index is -0.646. The zero-order chi connectivity index (χ0) is 7.40. The Morgan fingerprint density at radius 2 is 2.10 bits per heavy atom. The molecule has 1 fully saturated rings. The molecule has 1 aliphatic heterocycles. The molecule has 0 amide bonds. The zero-order valence-electron chi connectivity index (χ0n) is 6.05. The predicted molar refractivity (Wildman–Crippen MR) is 36.6 cm³/mol. The van der Waals surface area contributed by atoms with Crippen molar-refractivity contribution in [2.75, 3.05) is 13.1 Å². The van der Waals surface area contributed by atoms with Gasteiger partial charge in [0.25, 0.3) is 0 Å². The Labute approximate surface area is 60.4 Å². The molecule has 0 spiro atoms. The lowest BCUT2D eigenvalue weighted by atomic mass is 9.95. The molecule has 0 saturated carbocycles. The number of aliphatic carboxylic acids is 1. The summed E-state index contributed by atoms with van der Waals surface area (Å²) in [4.78, 5) is 10.3. The summed E-state index contributed by atoms with van der Waals surface area (Å²) in [7, 11) is 0. The first-order valence-electron chi connectivity index (χ1n) is 3.82. The number of hydrogen-bond acceptors (Lipinski definition) is 1. The van der Waals surface area contributed by atoms with Gasteiger partial charge in [0.15, 0.2) is 0 Å². The smallest absolute Gasteiger partial charge is 0.303 e. The van der Waals surface area contributed by atoms with Gasteiger partial charge in [-0.3, -0.25) is 4.79 Å². The zero-order valence-corrected chi connectivity index (χ0v) is 6.05. The summed E-state index contributed by atoms with van der Waals surface area (Å²) in [6.07, 6.45) is 2.52. The third kappa shape index (κ3) is 2.35. The van der Waals surface area contributed by atoms with Crippen LogP contribution in [0.15, 0.2) is 0 Å². The number of piperidine rings is 1. The van der Waals surface area contributed by atoms with Gasteiger partial charge in [-0.15, -0.1) is 0 Å². The first-order valence-corrected chi connectivity index (χ1v) is 3.82. The van der Waals surface area contributed by atoms with Gasteiger partial charge in [-0.2, -0.15) is 0 Å². The van der Waals surface area contributed by atoms with Crippen molar-refractivity contribution in [2.45, 2.75) is 19.3 Å². The number of rotatable bonds is 2. The summed E-state index contributed by atoms with van der Waals surface area (Å²) in [6, 6.07) is 0. The standard InChI is InChI=1S/C7H13NO2/c9-7(10)5-6-1-3-8-4-2-6/h6,8H,1-5H2,(H,9,10)/p+1. The number of carboxylic acid groups (broad SMARTS) is 1. The Morgan fingerprint density at radius 1 is 1.50 bits per heavy atom. The number of hydrogen-bond donors (Lipinski definition) is 2. The third-order valence-electron chi connectivity index (χ3n) is 2.02. The van der Waals surface area contributed by atoms with Crippen LogP contribution in [0.1, 0.15) is 19.3 Å². The molecule has 0 radical (unpaired) electrons. The second-order valence-electron chi connectivity index (χ2n) is 2.91. The van der Waals surface area contributed by atoms with Gasteiger partial charge in [0.05, 0.1) is 13.1 Å². The van der Waals surface area contributed by atoms with Gasteiger partial charge < -0.3 is 10.4 Å². The first-order chi connectivity index (χ1) is 4.79. The van der Waals surface area contributed by atoms with Crippen molar-refractivity contribution in [2.24, 2.45) is 5.92 Å². The summed E-state index contributed by atoms with van der Waals surface area (Å²) >= 11 is 0. The van der Waals surface area contributed by atoms with Gasteiger partial charge >= 0.3 is 5.97 Å². The SMILES string of the molecule is O=C(O)CC1CC[NH2+]CC1. The molecule has 0 bridgehead atoms. The molecule has 0 aromatic carbocycles. The Kier molecular flexibility index (Phi) is 2.68. The topological polar surface area (TPSA) is 53.9 Å². The van der Waals surface area contributed by atoms with Gasteiger partial charge in [0.1, 0.15) is 0 Å². The van der Waals surface area contributed by atoms with Crippen LogP contribution in [0.25, 0.3) is 0 Å². The van der Waals surface area contributed by atoms with E-state index in [-0.39, 0.29) is 0 Å². The Morgan fingerprint density at radius 3 is 2.60 bits per heavy atom. The normalized spacial score (nSPS) is 20.8. The number of carboxylic acids is 1. The van der Waals surface area contributed by atoms with Gasteiger partial charge in [-0.1, -0.05) is 0 Å². The van der Waals surface area contributed by atoms with Crippen LogP contribution in [-0.4, -0.2) is 24.2 Å². The molecule has 0 aromatic heterocycles. The van der Waals surface area contributed by atoms with E-state index in [2.05, 4.69) is 5.32 Å². The Bertz CT molecular complexity index is 119. The van der Waals surface area contributed by atoms with Gasteiger partial charge in [0, 0.05) is 19.3 Å². The molecule has 1 heterocycles. The van der Waals surface area contributed by atoms with Gasteiger partial charge in [0.2, 0.25) is 0 Å². The van der Waals surface area contributed by atoms with Crippen molar-refractivity contribution >= 4 is 5.97 Å². The van der Waals surface area contributed by atoms with Crippen molar-refractivity contribution in [3.63, 3.8) is 0 Å². The lowest BCUT2D eigenvalue weighted by molar-refractivity contribution is -0.664. The minimum Gasteiger partial charge on any atom is -0.481 e. The second-order valence-corrected chi connectivity index (χ2v) is 2.91. The predicted octanol–water partition coefficient (Wildman–Crippen LogP) is -0.565. The van der Waals surface area contributed by atoms with Crippen molar-refractivity contribution in [1.29, 1.82) is 0 Å². The molecule has 3 nitrogen and oxygen atoms in total. The quantitative estimate of drug-likeness (QED) is 0.545. The highest BCUT2D eigenvalue weighted by Gasteiger charge is 2.17. The fourth-order valence-corrected chi connectivity index (χ4v) is 1.45. The fourth-order valence-electron chi connectivity index (χ4n) is 1.45. The Balaban J connectivity index is 2.19. The molecule has 0 aromatic rings. The maximum atomic E-state index is 10.3.